The summed E-state index contributed by atoms with van der Waals surface area (Å²) in [6.45, 7) is 0.607. The Labute approximate surface area is 143 Å². The second kappa shape index (κ2) is 7.42. The molecule has 1 aromatic rings. The molecular weight excluding hydrogens is 326 g/mol. The third kappa shape index (κ3) is 4.01. The van der Waals surface area contributed by atoms with Crippen LogP contribution in [0, 0.1) is 0 Å². The van der Waals surface area contributed by atoms with E-state index in [1.54, 1.807) is 0 Å². The van der Waals surface area contributed by atoms with Gasteiger partial charge in [0.1, 0.15) is 0 Å². The summed E-state index contributed by atoms with van der Waals surface area (Å²) < 4.78 is 26.5. The van der Waals surface area contributed by atoms with Gasteiger partial charge in [0.05, 0.1) is 11.4 Å². The van der Waals surface area contributed by atoms with Gasteiger partial charge < -0.3 is 10.6 Å². The number of anilines is 1. The molecule has 0 aromatic heterocycles. The zero-order valence-electron chi connectivity index (χ0n) is 13.8. The van der Waals surface area contributed by atoms with Crippen molar-refractivity contribution in [3.05, 3.63) is 29.8 Å². The van der Waals surface area contributed by atoms with Crippen LogP contribution in [-0.2, 0) is 16.4 Å². The van der Waals surface area contributed by atoms with E-state index in [4.69, 9.17) is 0 Å². The third-order valence-electron chi connectivity index (χ3n) is 4.77. The van der Waals surface area contributed by atoms with Crippen molar-refractivity contribution < 1.29 is 13.2 Å². The average Bonchev–Trinajstić information content (AvgIpc) is 3.00. The molecule has 1 heterocycles. The number of nitrogens with zero attached hydrogens (tertiary/aromatic N) is 1. The fourth-order valence-corrected chi connectivity index (χ4v) is 4.91. The van der Waals surface area contributed by atoms with Crippen molar-refractivity contribution in [1.29, 1.82) is 0 Å². The second-order valence-electron chi connectivity index (χ2n) is 6.50. The first-order valence-electron chi connectivity index (χ1n) is 8.69. The van der Waals surface area contributed by atoms with Gasteiger partial charge in [0.25, 0.3) is 0 Å². The van der Waals surface area contributed by atoms with Gasteiger partial charge in [-0.25, -0.2) is 13.2 Å². The Balaban J connectivity index is 1.48. The molecule has 1 saturated carbocycles. The fourth-order valence-electron chi connectivity index (χ4n) is 3.48. The number of hydrogen-bond acceptors (Lipinski definition) is 3. The standard InChI is InChI=1S/C17H25N3O3S/c21-17(19-15-7-2-1-3-8-15)18-11-13-24(22,23)20-12-10-14-6-4-5-9-16(14)20/h4-6,9,15H,1-3,7-8,10-13H2,(H2,18,19,21). The highest BCUT2D eigenvalue weighted by molar-refractivity contribution is 7.92. The molecule has 2 N–H and O–H groups in total. The molecule has 0 bridgehead atoms. The van der Waals surface area contributed by atoms with Gasteiger partial charge in [0.2, 0.25) is 10.0 Å². The molecule has 0 unspecified atom stereocenters. The maximum absolute atomic E-state index is 12.5. The minimum atomic E-state index is -3.41. The van der Waals surface area contributed by atoms with Crippen LogP contribution < -0.4 is 14.9 Å². The summed E-state index contributed by atoms with van der Waals surface area (Å²) in [6, 6.07) is 7.53. The first-order valence-corrected chi connectivity index (χ1v) is 10.3. The van der Waals surface area contributed by atoms with Crippen molar-refractivity contribution in [2.75, 3.05) is 23.1 Å². The molecule has 7 heteroatoms. The van der Waals surface area contributed by atoms with E-state index < -0.39 is 10.0 Å². The lowest BCUT2D eigenvalue weighted by atomic mass is 9.96. The number of rotatable bonds is 5. The van der Waals surface area contributed by atoms with E-state index in [-0.39, 0.29) is 24.4 Å². The van der Waals surface area contributed by atoms with Crippen LogP contribution in [0.15, 0.2) is 24.3 Å². The number of benzene rings is 1. The zero-order chi connectivity index (χ0) is 17.0. The van der Waals surface area contributed by atoms with Gasteiger partial charge in [-0.3, -0.25) is 4.31 Å². The molecule has 24 heavy (non-hydrogen) atoms. The van der Waals surface area contributed by atoms with E-state index in [0.29, 0.717) is 6.54 Å². The molecule has 3 rings (SSSR count). The normalized spacial score (nSPS) is 18.2. The highest BCUT2D eigenvalue weighted by atomic mass is 32.2. The molecule has 1 aliphatic carbocycles. The molecule has 1 fully saturated rings. The number of sulfonamides is 1. The van der Waals surface area contributed by atoms with Crippen molar-refractivity contribution in [2.45, 2.75) is 44.6 Å². The van der Waals surface area contributed by atoms with Crippen LogP contribution in [0.4, 0.5) is 10.5 Å². The van der Waals surface area contributed by atoms with Crippen LogP contribution in [0.3, 0.4) is 0 Å². The van der Waals surface area contributed by atoms with E-state index in [0.717, 1.165) is 43.4 Å². The van der Waals surface area contributed by atoms with Gasteiger partial charge >= 0.3 is 6.03 Å². The number of nitrogens with one attached hydrogen (secondary N) is 2. The Hall–Kier alpha value is -1.76. The Bertz CT molecular complexity index is 684. The van der Waals surface area contributed by atoms with E-state index in [2.05, 4.69) is 10.6 Å². The van der Waals surface area contributed by atoms with Crippen molar-refractivity contribution in [3.8, 4) is 0 Å². The van der Waals surface area contributed by atoms with Crippen LogP contribution in [0.25, 0.3) is 0 Å². The minimum Gasteiger partial charge on any atom is -0.337 e. The summed E-state index contributed by atoms with van der Waals surface area (Å²) in [5.41, 5.74) is 1.83. The topological polar surface area (TPSA) is 78.5 Å². The molecule has 0 atom stereocenters. The lowest BCUT2D eigenvalue weighted by Crippen LogP contribution is -2.45. The summed E-state index contributed by atoms with van der Waals surface area (Å²) in [5, 5.41) is 5.61. The van der Waals surface area contributed by atoms with Crippen LogP contribution in [0.1, 0.15) is 37.7 Å². The van der Waals surface area contributed by atoms with Crippen LogP contribution in [0.5, 0.6) is 0 Å². The first kappa shape index (κ1) is 17.1. The summed E-state index contributed by atoms with van der Waals surface area (Å²) >= 11 is 0. The SMILES string of the molecule is O=C(NCCS(=O)(=O)N1CCc2ccccc21)NC1CCCCC1. The predicted molar refractivity (Wildman–Crippen MR) is 94.7 cm³/mol. The molecule has 0 saturated heterocycles. The van der Waals surface area contributed by atoms with Gasteiger partial charge in [-0.2, -0.15) is 0 Å². The van der Waals surface area contributed by atoms with Gasteiger partial charge in [-0.05, 0) is 30.9 Å². The number of carbonyl (C=O) groups excluding carboxylic acids is 1. The molecule has 0 radical (unpaired) electrons. The van der Waals surface area contributed by atoms with Gasteiger partial charge in [-0.15, -0.1) is 0 Å². The average molecular weight is 351 g/mol. The third-order valence-corrected chi connectivity index (χ3v) is 6.54. The van der Waals surface area contributed by atoms with E-state index >= 15 is 0 Å². The number of hydrogen-bond donors (Lipinski definition) is 2. The van der Waals surface area contributed by atoms with Gasteiger partial charge in [0, 0.05) is 19.1 Å². The number of urea groups is 1. The predicted octanol–water partition coefficient (Wildman–Crippen LogP) is 2.01. The number of para-hydroxylation sites is 1. The number of amides is 2. The summed E-state index contributed by atoms with van der Waals surface area (Å²) in [6.07, 6.45) is 6.29. The highest BCUT2D eigenvalue weighted by Gasteiger charge is 2.28. The van der Waals surface area contributed by atoms with Crippen LogP contribution in [-0.4, -0.2) is 39.3 Å². The van der Waals surface area contributed by atoms with Gasteiger partial charge in [-0.1, -0.05) is 37.5 Å². The van der Waals surface area contributed by atoms with Crippen molar-refractivity contribution in [1.82, 2.24) is 10.6 Å². The minimum absolute atomic E-state index is 0.0839. The highest BCUT2D eigenvalue weighted by Crippen LogP contribution is 2.29. The second-order valence-corrected chi connectivity index (χ2v) is 8.51. The lowest BCUT2D eigenvalue weighted by molar-refractivity contribution is 0.233. The zero-order valence-corrected chi connectivity index (χ0v) is 14.6. The molecule has 6 nitrogen and oxygen atoms in total. The maximum atomic E-state index is 12.5. The largest absolute Gasteiger partial charge is 0.337 e. The smallest absolute Gasteiger partial charge is 0.315 e. The molecule has 2 amide bonds. The Morgan fingerprint density at radius 2 is 1.92 bits per heavy atom. The summed E-state index contributed by atoms with van der Waals surface area (Å²) in [7, 11) is -3.41. The molecule has 1 aliphatic heterocycles. The summed E-state index contributed by atoms with van der Waals surface area (Å²) in [4.78, 5) is 11.9. The Kier molecular flexibility index (Phi) is 5.28. The van der Waals surface area contributed by atoms with Crippen molar-refractivity contribution in [2.24, 2.45) is 0 Å². The van der Waals surface area contributed by atoms with E-state index in [9.17, 15) is 13.2 Å². The molecule has 0 spiro atoms. The Morgan fingerprint density at radius 3 is 2.71 bits per heavy atom. The molecular formula is C17H25N3O3S. The maximum Gasteiger partial charge on any atom is 0.315 e. The van der Waals surface area contributed by atoms with Crippen LogP contribution in [0.2, 0.25) is 0 Å². The fraction of sp³-hybridized carbons (Fsp3) is 0.588. The number of carbonyl (C=O) groups is 1. The monoisotopic (exact) mass is 351 g/mol. The first-order chi connectivity index (χ1) is 11.6. The van der Waals surface area contributed by atoms with Crippen molar-refractivity contribution in [3.63, 3.8) is 0 Å². The van der Waals surface area contributed by atoms with E-state index in [1.807, 2.05) is 24.3 Å². The molecule has 132 valence electrons. The van der Waals surface area contributed by atoms with Crippen molar-refractivity contribution >= 4 is 21.7 Å². The molecule has 1 aromatic carbocycles. The lowest BCUT2D eigenvalue weighted by Gasteiger charge is -2.23. The quantitative estimate of drug-likeness (QED) is 0.852. The van der Waals surface area contributed by atoms with Crippen LogP contribution >= 0.6 is 0 Å². The Morgan fingerprint density at radius 1 is 1.17 bits per heavy atom. The number of fused-ring (bicyclic) bond motifs is 1. The molecule has 2 aliphatic rings. The summed E-state index contributed by atoms with van der Waals surface area (Å²) in [5.74, 6) is -0.0839. The van der Waals surface area contributed by atoms with Gasteiger partial charge in [0.15, 0.2) is 0 Å². The van der Waals surface area contributed by atoms with E-state index in [1.165, 1.54) is 10.7 Å².